The van der Waals surface area contributed by atoms with Gasteiger partial charge in [0.1, 0.15) is 17.7 Å². The summed E-state index contributed by atoms with van der Waals surface area (Å²) in [4.78, 5) is 4.09. The van der Waals surface area contributed by atoms with Crippen LogP contribution in [0.15, 0.2) is 16.7 Å². The molecule has 2 heterocycles. The van der Waals surface area contributed by atoms with Gasteiger partial charge in [0.2, 0.25) is 5.88 Å². The van der Waals surface area contributed by atoms with Gasteiger partial charge in [0.25, 0.3) is 0 Å². The molecule has 0 spiro atoms. The van der Waals surface area contributed by atoms with Crippen molar-refractivity contribution in [1.29, 1.82) is 5.26 Å². The number of aromatic nitrogens is 1. The van der Waals surface area contributed by atoms with Crippen LogP contribution in [0.25, 0.3) is 0 Å². The summed E-state index contributed by atoms with van der Waals surface area (Å²) in [5, 5.41) is 12.1. The zero-order valence-electron chi connectivity index (χ0n) is 8.03. The van der Waals surface area contributed by atoms with Crippen molar-refractivity contribution < 1.29 is 4.74 Å². The first-order valence-electron chi connectivity index (χ1n) is 4.72. The summed E-state index contributed by atoms with van der Waals surface area (Å²) in [7, 11) is 0. The molecule has 1 aromatic rings. The molecule has 0 saturated carbocycles. The summed E-state index contributed by atoms with van der Waals surface area (Å²) in [6.07, 6.45) is 2.73. The summed E-state index contributed by atoms with van der Waals surface area (Å²) in [6.45, 7) is 1.78. The van der Waals surface area contributed by atoms with Crippen LogP contribution in [0.2, 0.25) is 0 Å². The minimum atomic E-state index is 0.130. The summed E-state index contributed by atoms with van der Waals surface area (Å²) in [5.74, 6) is 0.425. The molecule has 2 rings (SSSR count). The van der Waals surface area contributed by atoms with Gasteiger partial charge in [-0.2, -0.15) is 5.26 Å². The number of pyridine rings is 1. The van der Waals surface area contributed by atoms with Gasteiger partial charge in [0, 0.05) is 17.2 Å². The predicted molar refractivity (Wildman–Crippen MR) is 58.6 cm³/mol. The van der Waals surface area contributed by atoms with Crippen molar-refractivity contribution >= 4 is 15.9 Å². The molecular formula is C10H10BrN3O. The highest BCUT2D eigenvalue weighted by atomic mass is 79.9. The largest absolute Gasteiger partial charge is 0.472 e. The van der Waals surface area contributed by atoms with Gasteiger partial charge in [-0.3, -0.25) is 0 Å². The molecule has 1 saturated heterocycles. The third kappa shape index (κ3) is 2.46. The SMILES string of the molecule is N#Cc1cc(Br)cnc1O[C@H]1CCNC1. The quantitative estimate of drug-likeness (QED) is 0.882. The van der Waals surface area contributed by atoms with Crippen molar-refractivity contribution in [3.63, 3.8) is 0 Å². The van der Waals surface area contributed by atoms with Crippen molar-refractivity contribution in [3.8, 4) is 11.9 Å². The minimum Gasteiger partial charge on any atom is -0.472 e. The minimum absolute atomic E-state index is 0.130. The zero-order chi connectivity index (χ0) is 10.7. The molecule has 0 amide bonds. The standard InChI is InChI=1S/C10H10BrN3O/c11-8-3-7(4-12)10(14-5-8)15-9-1-2-13-6-9/h3,5,9,13H,1-2,6H2/t9-/m0/s1. The van der Waals surface area contributed by atoms with Crippen LogP contribution in [0.3, 0.4) is 0 Å². The Balaban J connectivity index is 2.16. The molecule has 1 atom stereocenters. The lowest BCUT2D eigenvalue weighted by Crippen LogP contribution is -2.20. The van der Waals surface area contributed by atoms with E-state index in [9.17, 15) is 0 Å². The Morgan fingerprint density at radius 3 is 3.20 bits per heavy atom. The number of ether oxygens (including phenoxy) is 1. The van der Waals surface area contributed by atoms with Crippen molar-refractivity contribution in [2.75, 3.05) is 13.1 Å². The Morgan fingerprint density at radius 1 is 1.67 bits per heavy atom. The maximum absolute atomic E-state index is 8.91. The van der Waals surface area contributed by atoms with Gasteiger partial charge < -0.3 is 10.1 Å². The molecule has 1 aliphatic rings. The number of nitrogens with one attached hydrogen (secondary N) is 1. The van der Waals surface area contributed by atoms with Crippen molar-refractivity contribution in [1.82, 2.24) is 10.3 Å². The molecule has 1 N–H and O–H groups in total. The monoisotopic (exact) mass is 267 g/mol. The first kappa shape index (κ1) is 10.4. The van der Waals surface area contributed by atoms with Crippen LogP contribution in [0.1, 0.15) is 12.0 Å². The van der Waals surface area contributed by atoms with Crippen LogP contribution in [-0.2, 0) is 0 Å². The number of hydrogen-bond donors (Lipinski definition) is 1. The Bertz CT molecular complexity index is 396. The average molecular weight is 268 g/mol. The third-order valence-electron chi connectivity index (χ3n) is 2.23. The summed E-state index contributed by atoms with van der Waals surface area (Å²) in [5.41, 5.74) is 0.469. The summed E-state index contributed by atoms with van der Waals surface area (Å²) in [6, 6.07) is 3.79. The molecule has 4 nitrogen and oxygen atoms in total. The van der Waals surface area contributed by atoms with E-state index >= 15 is 0 Å². The van der Waals surface area contributed by atoms with Gasteiger partial charge in [-0.15, -0.1) is 0 Å². The predicted octanol–water partition coefficient (Wildman–Crippen LogP) is 1.46. The van der Waals surface area contributed by atoms with E-state index in [1.165, 1.54) is 0 Å². The lowest BCUT2D eigenvalue weighted by molar-refractivity contribution is 0.213. The molecule has 0 aliphatic carbocycles. The zero-order valence-corrected chi connectivity index (χ0v) is 9.62. The lowest BCUT2D eigenvalue weighted by Gasteiger charge is -2.12. The molecular weight excluding hydrogens is 258 g/mol. The molecule has 0 radical (unpaired) electrons. The number of rotatable bonds is 2. The van der Waals surface area contributed by atoms with Gasteiger partial charge in [0.05, 0.1) is 0 Å². The summed E-state index contributed by atoms with van der Waals surface area (Å²) < 4.78 is 6.42. The van der Waals surface area contributed by atoms with E-state index in [-0.39, 0.29) is 6.10 Å². The van der Waals surface area contributed by atoms with E-state index in [0.29, 0.717) is 11.4 Å². The van der Waals surface area contributed by atoms with Gasteiger partial charge in [-0.25, -0.2) is 4.98 Å². The second-order valence-electron chi connectivity index (χ2n) is 3.35. The third-order valence-corrected chi connectivity index (χ3v) is 2.67. The molecule has 1 fully saturated rings. The highest BCUT2D eigenvalue weighted by Crippen LogP contribution is 2.21. The summed E-state index contributed by atoms with van der Waals surface area (Å²) >= 11 is 3.27. The van der Waals surface area contributed by atoms with Crippen LogP contribution in [0, 0.1) is 11.3 Å². The van der Waals surface area contributed by atoms with Crippen LogP contribution in [-0.4, -0.2) is 24.2 Å². The highest BCUT2D eigenvalue weighted by molar-refractivity contribution is 9.10. The fraction of sp³-hybridized carbons (Fsp3) is 0.400. The molecule has 0 bridgehead atoms. The molecule has 1 aliphatic heterocycles. The van der Waals surface area contributed by atoms with E-state index < -0.39 is 0 Å². The maximum atomic E-state index is 8.91. The molecule has 5 heteroatoms. The van der Waals surface area contributed by atoms with E-state index in [4.69, 9.17) is 10.00 Å². The molecule has 0 unspecified atom stereocenters. The highest BCUT2D eigenvalue weighted by Gasteiger charge is 2.18. The first-order chi connectivity index (χ1) is 7.29. The topological polar surface area (TPSA) is 57.9 Å². The van der Waals surface area contributed by atoms with Crippen LogP contribution < -0.4 is 10.1 Å². The van der Waals surface area contributed by atoms with E-state index in [0.717, 1.165) is 24.0 Å². The average Bonchev–Trinajstić information content (AvgIpc) is 2.73. The fourth-order valence-electron chi connectivity index (χ4n) is 1.49. The molecule has 1 aromatic heterocycles. The Hall–Kier alpha value is -1.12. The smallest absolute Gasteiger partial charge is 0.232 e. The van der Waals surface area contributed by atoms with E-state index in [1.807, 2.05) is 0 Å². The number of nitriles is 1. The van der Waals surface area contributed by atoms with Crippen molar-refractivity contribution in [2.45, 2.75) is 12.5 Å². The number of nitrogens with zero attached hydrogens (tertiary/aromatic N) is 2. The Labute approximate surface area is 96.4 Å². The van der Waals surface area contributed by atoms with Crippen molar-refractivity contribution in [2.24, 2.45) is 0 Å². The maximum Gasteiger partial charge on any atom is 0.232 e. The number of halogens is 1. The van der Waals surface area contributed by atoms with Crippen LogP contribution >= 0.6 is 15.9 Å². The van der Waals surface area contributed by atoms with E-state index in [1.54, 1.807) is 12.3 Å². The second-order valence-corrected chi connectivity index (χ2v) is 4.27. The normalized spacial score (nSPS) is 19.9. The lowest BCUT2D eigenvalue weighted by atomic mass is 10.3. The second kappa shape index (κ2) is 4.60. The molecule has 78 valence electrons. The van der Waals surface area contributed by atoms with E-state index in [2.05, 4.69) is 32.3 Å². The van der Waals surface area contributed by atoms with Gasteiger partial charge in [-0.1, -0.05) is 0 Å². The molecule has 0 aromatic carbocycles. The van der Waals surface area contributed by atoms with Crippen molar-refractivity contribution in [3.05, 3.63) is 22.3 Å². The Morgan fingerprint density at radius 2 is 2.53 bits per heavy atom. The first-order valence-corrected chi connectivity index (χ1v) is 5.52. The van der Waals surface area contributed by atoms with Gasteiger partial charge in [0.15, 0.2) is 0 Å². The Kier molecular flexibility index (Phi) is 3.19. The number of hydrogen-bond acceptors (Lipinski definition) is 4. The molecule has 15 heavy (non-hydrogen) atoms. The van der Waals surface area contributed by atoms with Crippen LogP contribution in [0.5, 0.6) is 5.88 Å². The van der Waals surface area contributed by atoms with Gasteiger partial charge in [-0.05, 0) is 35.0 Å². The van der Waals surface area contributed by atoms with Gasteiger partial charge >= 0.3 is 0 Å². The van der Waals surface area contributed by atoms with Crippen LogP contribution in [0.4, 0.5) is 0 Å². The fourth-order valence-corrected chi connectivity index (χ4v) is 1.82.